The van der Waals surface area contributed by atoms with Crippen molar-refractivity contribution in [1.29, 1.82) is 0 Å². The lowest BCUT2D eigenvalue weighted by molar-refractivity contribution is -0.145. The molecule has 2 fully saturated rings. The summed E-state index contributed by atoms with van der Waals surface area (Å²) in [6.07, 6.45) is 9.62. The van der Waals surface area contributed by atoms with Crippen molar-refractivity contribution in [2.45, 2.75) is 131 Å². The lowest BCUT2D eigenvalue weighted by atomic mass is 9.46. The zero-order valence-corrected chi connectivity index (χ0v) is 24.5. The molecule has 0 bridgehead atoms. The van der Waals surface area contributed by atoms with Crippen LogP contribution >= 0.6 is 0 Å². The first-order valence-corrected chi connectivity index (χ1v) is 15.0. The largest absolute Gasteiger partial charge is 0.481 e. The van der Waals surface area contributed by atoms with E-state index in [0.717, 1.165) is 75.4 Å². The Balaban J connectivity index is 1.57. The molecule has 4 aliphatic rings. The maximum absolute atomic E-state index is 13.8. The highest BCUT2D eigenvalue weighted by atomic mass is 16.4. The van der Waals surface area contributed by atoms with E-state index in [-0.39, 0.29) is 33.9 Å². The number of carboxylic acid groups (broad SMARTS) is 1. The van der Waals surface area contributed by atoms with Crippen molar-refractivity contribution in [3.05, 3.63) is 11.1 Å². The number of aliphatic hydroxyl groups excluding tert-OH is 1. The van der Waals surface area contributed by atoms with Gasteiger partial charge in [-0.2, -0.15) is 0 Å². The fourth-order valence-corrected chi connectivity index (χ4v) is 9.19. The SMILES string of the molecule is C[C@H](CCC(C)(C)[C@H](C)C(=O)O)[C@@H]1CC[C@@H]2CC(=O)C3=C([C@@H](O)C[C@H]4C(C)(C)CCC[C@]34C)[C@]2(N)CC1. The Labute approximate surface area is 225 Å². The van der Waals surface area contributed by atoms with Crippen molar-refractivity contribution in [2.24, 2.45) is 51.6 Å². The van der Waals surface area contributed by atoms with Crippen LogP contribution in [-0.2, 0) is 9.59 Å². The normalized spacial score (nSPS) is 39.6. The number of carbonyl (C=O) groups excluding carboxylic acids is 1. The van der Waals surface area contributed by atoms with Crippen LogP contribution in [0.15, 0.2) is 11.1 Å². The first kappa shape index (κ1) is 28.8. The highest BCUT2D eigenvalue weighted by molar-refractivity contribution is 6.00. The second kappa shape index (κ2) is 9.77. The van der Waals surface area contributed by atoms with E-state index >= 15 is 0 Å². The second-order valence-corrected chi connectivity index (χ2v) is 15.2. The molecule has 4 rings (SSSR count). The summed E-state index contributed by atoms with van der Waals surface area (Å²) in [6, 6.07) is 0. The minimum atomic E-state index is -0.724. The number of carboxylic acids is 1. The predicted molar refractivity (Wildman–Crippen MR) is 148 cm³/mol. The Kier molecular flexibility index (Phi) is 7.60. The molecule has 4 aliphatic carbocycles. The van der Waals surface area contributed by atoms with Crippen molar-refractivity contribution >= 4 is 11.8 Å². The monoisotopic (exact) mass is 515 g/mol. The minimum absolute atomic E-state index is 0.103. The Bertz CT molecular complexity index is 950. The molecule has 5 nitrogen and oxygen atoms in total. The average molecular weight is 516 g/mol. The third-order valence-corrected chi connectivity index (χ3v) is 12.2. The van der Waals surface area contributed by atoms with E-state index in [1.54, 1.807) is 0 Å². The maximum atomic E-state index is 13.8. The lowest BCUT2D eigenvalue weighted by Crippen LogP contribution is -2.61. The van der Waals surface area contributed by atoms with Crippen LogP contribution in [0.3, 0.4) is 0 Å². The molecule has 5 heteroatoms. The Hall–Kier alpha value is -1.20. The van der Waals surface area contributed by atoms with Gasteiger partial charge in [-0.05, 0) is 103 Å². The Morgan fingerprint density at radius 3 is 2.43 bits per heavy atom. The molecule has 0 aromatic rings. The molecule has 0 aromatic heterocycles. The van der Waals surface area contributed by atoms with Crippen LogP contribution in [0.5, 0.6) is 0 Å². The Morgan fingerprint density at radius 1 is 1.11 bits per heavy atom. The van der Waals surface area contributed by atoms with Gasteiger partial charge in [-0.3, -0.25) is 9.59 Å². The summed E-state index contributed by atoms with van der Waals surface area (Å²) < 4.78 is 0. The van der Waals surface area contributed by atoms with E-state index in [2.05, 4.69) is 41.5 Å². The van der Waals surface area contributed by atoms with Gasteiger partial charge in [-0.1, -0.05) is 54.9 Å². The first-order chi connectivity index (χ1) is 17.0. The van der Waals surface area contributed by atoms with Crippen molar-refractivity contribution < 1.29 is 19.8 Å². The highest BCUT2D eigenvalue weighted by Crippen LogP contribution is 2.63. The summed E-state index contributed by atoms with van der Waals surface area (Å²) in [4.78, 5) is 25.4. The molecule has 0 radical (unpaired) electrons. The highest BCUT2D eigenvalue weighted by Gasteiger charge is 2.60. The molecule has 0 aliphatic heterocycles. The molecule has 0 spiro atoms. The maximum Gasteiger partial charge on any atom is 0.306 e. The van der Waals surface area contributed by atoms with Crippen molar-refractivity contribution in [3.63, 3.8) is 0 Å². The van der Waals surface area contributed by atoms with Gasteiger partial charge in [0.2, 0.25) is 0 Å². The zero-order valence-electron chi connectivity index (χ0n) is 24.5. The van der Waals surface area contributed by atoms with Gasteiger partial charge in [0, 0.05) is 17.5 Å². The summed E-state index contributed by atoms with van der Waals surface area (Å²) in [5.74, 6) is 0.555. The van der Waals surface area contributed by atoms with Crippen molar-refractivity contribution in [3.8, 4) is 0 Å². The van der Waals surface area contributed by atoms with Crippen LogP contribution in [0.25, 0.3) is 0 Å². The first-order valence-electron chi connectivity index (χ1n) is 15.0. The zero-order chi connectivity index (χ0) is 27.6. The Morgan fingerprint density at radius 2 is 1.78 bits per heavy atom. The minimum Gasteiger partial charge on any atom is -0.481 e. The van der Waals surface area contributed by atoms with E-state index in [1.165, 1.54) is 0 Å². The van der Waals surface area contributed by atoms with Crippen LogP contribution in [0, 0.1) is 45.8 Å². The molecule has 0 amide bonds. The van der Waals surface area contributed by atoms with Gasteiger partial charge in [-0.15, -0.1) is 0 Å². The van der Waals surface area contributed by atoms with E-state index in [4.69, 9.17) is 5.73 Å². The molecule has 0 aromatic carbocycles. The van der Waals surface area contributed by atoms with Gasteiger partial charge in [-0.25, -0.2) is 0 Å². The average Bonchev–Trinajstić information content (AvgIpc) is 2.97. The molecule has 37 heavy (non-hydrogen) atoms. The number of fused-ring (bicyclic) bond motifs is 4. The summed E-state index contributed by atoms with van der Waals surface area (Å²) >= 11 is 0. The summed E-state index contributed by atoms with van der Waals surface area (Å²) in [5, 5.41) is 21.1. The smallest absolute Gasteiger partial charge is 0.306 e. The summed E-state index contributed by atoms with van der Waals surface area (Å²) in [6.45, 7) is 15.2. The number of aliphatic hydroxyl groups is 1. The van der Waals surface area contributed by atoms with E-state index in [9.17, 15) is 19.8 Å². The predicted octanol–water partition coefficient (Wildman–Crippen LogP) is 6.52. The van der Waals surface area contributed by atoms with Crippen molar-refractivity contribution in [1.82, 2.24) is 0 Å². The van der Waals surface area contributed by atoms with Crippen LogP contribution in [0.1, 0.15) is 119 Å². The fraction of sp³-hybridized carbons (Fsp3) is 0.875. The van der Waals surface area contributed by atoms with E-state index in [1.807, 2.05) is 6.92 Å². The molecule has 0 unspecified atom stereocenters. The van der Waals surface area contributed by atoms with Crippen molar-refractivity contribution in [2.75, 3.05) is 0 Å². The van der Waals surface area contributed by atoms with Crippen LogP contribution < -0.4 is 5.73 Å². The number of aliphatic carboxylic acids is 1. The number of hydrogen-bond acceptors (Lipinski definition) is 4. The fourth-order valence-electron chi connectivity index (χ4n) is 9.19. The lowest BCUT2D eigenvalue weighted by Gasteiger charge is -2.59. The van der Waals surface area contributed by atoms with Gasteiger partial charge in [0.1, 0.15) is 0 Å². The van der Waals surface area contributed by atoms with Gasteiger partial charge in [0.25, 0.3) is 0 Å². The number of allylic oxidation sites excluding steroid dienone is 1. The number of Topliss-reactive ketones (excluding diaryl/α,β-unsaturated/α-hetero) is 1. The van der Waals surface area contributed by atoms with Gasteiger partial charge < -0.3 is 15.9 Å². The number of hydrogen-bond donors (Lipinski definition) is 3. The second-order valence-electron chi connectivity index (χ2n) is 15.2. The molecular formula is C32H53NO4. The van der Waals surface area contributed by atoms with E-state index in [0.29, 0.717) is 24.2 Å². The molecule has 210 valence electrons. The number of carbonyl (C=O) groups is 2. The van der Waals surface area contributed by atoms with Gasteiger partial charge in [0.15, 0.2) is 5.78 Å². The van der Waals surface area contributed by atoms with Gasteiger partial charge in [0.05, 0.1) is 12.0 Å². The van der Waals surface area contributed by atoms with Gasteiger partial charge >= 0.3 is 5.97 Å². The van der Waals surface area contributed by atoms with Crippen LogP contribution in [0.4, 0.5) is 0 Å². The molecule has 4 N–H and O–H groups in total. The molecule has 0 saturated heterocycles. The summed E-state index contributed by atoms with van der Waals surface area (Å²) in [5.41, 5.74) is 8.28. The standard InChI is InChI=1S/C32H53NO4/c1-19(11-15-29(3,4)20(2)28(36)37)21-9-10-22-17-23(34)26-27(32(22,33)16-12-21)24(35)18-25-30(5,6)13-8-14-31(25,26)7/h19-22,24-25,35H,8-18,33H2,1-7H3,(H,36,37)/t19-,20-,21-,22-,24+,25+,31+,32+/m1/s1. The van der Waals surface area contributed by atoms with Crippen LogP contribution in [0.2, 0.25) is 0 Å². The third kappa shape index (κ3) is 4.86. The number of rotatable bonds is 6. The molecule has 8 atom stereocenters. The molecule has 2 saturated carbocycles. The van der Waals surface area contributed by atoms with Crippen LogP contribution in [-0.4, -0.2) is 33.6 Å². The third-order valence-electron chi connectivity index (χ3n) is 12.2. The topological polar surface area (TPSA) is 101 Å². The summed E-state index contributed by atoms with van der Waals surface area (Å²) in [7, 11) is 0. The van der Waals surface area contributed by atoms with E-state index < -0.39 is 17.6 Å². The molecular weight excluding hydrogens is 462 g/mol. The molecule has 0 heterocycles. The number of ketones is 1. The number of nitrogens with two attached hydrogens (primary N) is 1. The quantitative estimate of drug-likeness (QED) is 0.374.